The van der Waals surface area contributed by atoms with Crippen molar-refractivity contribution >= 4 is 23.2 Å². The number of nitrogens with two attached hydrogens (primary N) is 1. The average Bonchev–Trinajstić information content (AvgIpc) is 2.14. The zero-order valence-corrected chi connectivity index (χ0v) is 7.85. The second-order valence-corrected chi connectivity index (χ2v) is 2.82. The first kappa shape index (κ1) is 10.2. The summed E-state index contributed by atoms with van der Waals surface area (Å²) in [7, 11) is 0. The molecular weight excluding hydrogens is 204 g/mol. The third kappa shape index (κ3) is 2.87. The lowest BCUT2D eigenvalue weighted by Gasteiger charge is -2.05. The molecular formula is C7H8N4O2S. The molecule has 1 aromatic heterocycles. The van der Waals surface area contributed by atoms with Gasteiger partial charge in [-0.15, -0.1) is 0 Å². The van der Waals surface area contributed by atoms with E-state index >= 15 is 0 Å². The molecule has 6 nitrogen and oxygen atoms in total. The number of H-pyrrole nitrogens is 1. The lowest BCUT2D eigenvalue weighted by Crippen LogP contribution is -2.44. The number of pyridine rings is 1. The maximum Gasteiger partial charge on any atom is 0.269 e. The average molecular weight is 212 g/mol. The van der Waals surface area contributed by atoms with Crippen LogP contribution in [-0.2, 0) is 0 Å². The number of hydrogen-bond acceptors (Lipinski definition) is 3. The van der Waals surface area contributed by atoms with Crippen molar-refractivity contribution in [2.24, 2.45) is 5.73 Å². The molecule has 0 spiro atoms. The molecule has 0 saturated heterocycles. The second kappa shape index (κ2) is 4.38. The van der Waals surface area contributed by atoms with Gasteiger partial charge in [0, 0.05) is 17.8 Å². The largest absolute Gasteiger partial charge is 0.375 e. The summed E-state index contributed by atoms with van der Waals surface area (Å²) in [5, 5.41) is -0.0526. The molecule has 1 rings (SSSR count). The fourth-order valence-corrected chi connectivity index (χ4v) is 0.827. The Labute approximate surface area is 84.5 Å². The van der Waals surface area contributed by atoms with Crippen LogP contribution in [-0.4, -0.2) is 16.0 Å². The minimum Gasteiger partial charge on any atom is -0.375 e. The van der Waals surface area contributed by atoms with Crippen molar-refractivity contribution in [3.05, 3.63) is 34.2 Å². The summed E-state index contributed by atoms with van der Waals surface area (Å²) in [4.78, 5) is 24.5. The third-order valence-corrected chi connectivity index (χ3v) is 1.44. The van der Waals surface area contributed by atoms with Gasteiger partial charge < -0.3 is 10.7 Å². The number of aromatic amines is 1. The number of rotatable bonds is 1. The molecule has 0 fully saturated rings. The van der Waals surface area contributed by atoms with E-state index in [-0.39, 0.29) is 16.2 Å². The van der Waals surface area contributed by atoms with Crippen LogP contribution in [0.1, 0.15) is 10.4 Å². The summed E-state index contributed by atoms with van der Waals surface area (Å²) in [5.41, 5.74) is 9.43. The van der Waals surface area contributed by atoms with Crippen LogP contribution in [0.4, 0.5) is 0 Å². The molecule has 5 N–H and O–H groups in total. The monoisotopic (exact) mass is 212 g/mol. The van der Waals surface area contributed by atoms with Gasteiger partial charge in [-0.2, -0.15) is 0 Å². The molecule has 0 unspecified atom stereocenters. The smallest absolute Gasteiger partial charge is 0.269 e. The van der Waals surface area contributed by atoms with Crippen LogP contribution in [0.25, 0.3) is 0 Å². The van der Waals surface area contributed by atoms with Crippen molar-refractivity contribution in [3.63, 3.8) is 0 Å². The summed E-state index contributed by atoms with van der Waals surface area (Å²) in [6.07, 6.45) is 1.37. The molecule has 0 radical (unpaired) electrons. The quantitative estimate of drug-likeness (QED) is 0.348. The number of thiocarbonyl (C=S) groups is 1. The normalized spacial score (nSPS) is 9.14. The summed E-state index contributed by atoms with van der Waals surface area (Å²) in [6.45, 7) is 0. The molecule has 7 heteroatoms. The zero-order valence-electron chi connectivity index (χ0n) is 7.03. The molecule has 1 amide bonds. The summed E-state index contributed by atoms with van der Waals surface area (Å²) < 4.78 is 0. The Balaban J connectivity index is 2.70. The zero-order chi connectivity index (χ0) is 10.6. The van der Waals surface area contributed by atoms with Crippen LogP contribution in [0.2, 0.25) is 0 Å². The number of nitrogens with one attached hydrogen (secondary N) is 3. The molecule has 74 valence electrons. The number of aromatic nitrogens is 1. The van der Waals surface area contributed by atoms with Crippen molar-refractivity contribution in [1.29, 1.82) is 0 Å². The minimum absolute atomic E-state index is 0.0526. The van der Waals surface area contributed by atoms with Crippen molar-refractivity contribution in [1.82, 2.24) is 15.8 Å². The highest BCUT2D eigenvalue weighted by atomic mass is 32.1. The molecule has 0 bridgehead atoms. The van der Waals surface area contributed by atoms with Gasteiger partial charge in [0.05, 0.1) is 0 Å². The third-order valence-electron chi connectivity index (χ3n) is 1.34. The van der Waals surface area contributed by atoms with Gasteiger partial charge in [0.25, 0.3) is 5.91 Å². The molecule has 14 heavy (non-hydrogen) atoms. The van der Waals surface area contributed by atoms with E-state index in [1.165, 1.54) is 12.3 Å². The Morgan fingerprint density at radius 2 is 2.21 bits per heavy atom. The van der Waals surface area contributed by atoms with Crippen LogP contribution < -0.4 is 22.1 Å². The highest BCUT2D eigenvalue weighted by Gasteiger charge is 2.04. The predicted octanol–water partition coefficient (Wildman–Crippen LogP) is -1.15. The fraction of sp³-hybridized carbons (Fsp3) is 0. The molecule has 1 aromatic rings. The first-order chi connectivity index (χ1) is 6.59. The van der Waals surface area contributed by atoms with E-state index in [1.807, 2.05) is 0 Å². The van der Waals surface area contributed by atoms with E-state index in [0.29, 0.717) is 0 Å². The van der Waals surface area contributed by atoms with Crippen molar-refractivity contribution < 1.29 is 4.79 Å². The number of carbonyl (C=O) groups is 1. The molecule has 1 heterocycles. The molecule has 0 aliphatic heterocycles. The highest BCUT2D eigenvalue weighted by Crippen LogP contribution is 1.90. The van der Waals surface area contributed by atoms with E-state index in [9.17, 15) is 9.59 Å². The van der Waals surface area contributed by atoms with E-state index in [1.54, 1.807) is 0 Å². The van der Waals surface area contributed by atoms with E-state index in [4.69, 9.17) is 5.73 Å². The van der Waals surface area contributed by atoms with Crippen LogP contribution >= 0.6 is 12.2 Å². The Kier molecular flexibility index (Phi) is 3.19. The minimum atomic E-state index is -0.482. The van der Waals surface area contributed by atoms with Crippen LogP contribution in [0.3, 0.4) is 0 Å². The van der Waals surface area contributed by atoms with Gasteiger partial charge in [-0.25, -0.2) is 0 Å². The highest BCUT2D eigenvalue weighted by molar-refractivity contribution is 7.80. The van der Waals surface area contributed by atoms with Crippen molar-refractivity contribution in [2.75, 3.05) is 0 Å². The number of hydrogen-bond donors (Lipinski definition) is 4. The maximum absolute atomic E-state index is 11.3. The van der Waals surface area contributed by atoms with Gasteiger partial charge in [-0.1, -0.05) is 0 Å². The summed E-state index contributed by atoms with van der Waals surface area (Å²) >= 11 is 4.47. The van der Waals surface area contributed by atoms with E-state index in [0.717, 1.165) is 6.07 Å². The predicted molar refractivity (Wildman–Crippen MR) is 54.4 cm³/mol. The van der Waals surface area contributed by atoms with E-state index in [2.05, 4.69) is 28.1 Å². The topological polar surface area (TPSA) is 100 Å². The first-order valence-electron chi connectivity index (χ1n) is 3.64. The van der Waals surface area contributed by atoms with Crippen molar-refractivity contribution in [3.8, 4) is 0 Å². The number of hydrazine groups is 1. The van der Waals surface area contributed by atoms with Gasteiger partial charge in [-0.3, -0.25) is 20.4 Å². The molecule has 0 saturated carbocycles. The summed E-state index contributed by atoms with van der Waals surface area (Å²) in [5.74, 6) is -0.482. The lowest BCUT2D eigenvalue weighted by atomic mass is 10.2. The Bertz CT molecular complexity index is 414. The second-order valence-electron chi connectivity index (χ2n) is 2.38. The maximum atomic E-state index is 11.3. The van der Waals surface area contributed by atoms with Crippen molar-refractivity contribution in [2.45, 2.75) is 0 Å². The van der Waals surface area contributed by atoms with Gasteiger partial charge in [0.1, 0.15) is 0 Å². The van der Waals surface area contributed by atoms with Gasteiger partial charge in [0.15, 0.2) is 5.11 Å². The van der Waals surface area contributed by atoms with Crippen LogP contribution in [0.5, 0.6) is 0 Å². The number of carbonyl (C=O) groups excluding carboxylic acids is 1. The number of amides is 1. The van der Waals surface area contributed by atoms with Gasteiger partial charge in [0.2, 0.25) is 5.56 Å². The fourth-order valence-electron chi connectivity index (χ4n) is 0.776. The SMILES string of the molecule is NC(=S)NNC(=O)c1cc[nH]c(=O)c1. The van der Waals surface area contributed by atoms with E-state index < -0.39 is 5.91 Å². The first-order valence-corrected chi connectivity index (χ1v) is 4.05. The Morgan fingerprint density at radius 1 is 1.50 bits per heavy atom. The van der Waals surface area contributed by atoms with Gasteiger partial charge >= 0.3 is 0 Å². The van der Waals surface area contributed by atoms with Crippen LogP contribution in [0, 0.1) is 0 Å². The Morgan fingerprint density at radius 3 is 2.79 bits per heavy atom. The lowest BCUT2D eigenvalue weighted by molar-refractivity contribution is 0.0944. The summed E-state index contributed by atoms with van der Waals surface area (Å²) in [6, 6.07) is 2.62. The van der Waals surface area contributed by atoms with Gasteiger partial charge in [-0.05, 0) is 18.3 Å². The molecule has 0 atom stereocenters. The Hall–Kier alpha value is -1.89. The standard InChI is InChI=1S/C7H8N4O2S/c8-7(14)11-10-6(13)4-1-2-9-5(12)3-4/h1-3H,(H,9,12)(H,10,13)(H3,8,11,14). The molecule has 0 aromatic carbocycles. The van der Waals surface area contributed by atoms with Crippen LogP contribution in [0.15, 0.2) is 23.1 Å². The molecule has 0 aliphatic carbocycles. The molecule has 0 aliphatic rings.